The van der Waals surface area contributed by atoms with Crippen molar-refractivity contribution in [1.82, 2.24) is 15.1 Å². The first-order chi connectivity index (χ1) is 13.4. The minimum Gasteiger partial charge on any atom is -0.350 e. The molecular weight excluding hydrogens is 350 g/mol. The van der Waals surface area contributed by atoms with Crippen LogP contribution in [0.5, 0.6) is 0 Å². The number of likely N-dealkylation sites (tertiary alicyclic amines) is 2. The van der Waals surface area contributed by atoms with E-state index in [-0.39, 0.29) is 23.3 Å². The van der Waals surface area contributed by atoms with E-state index in [1.54, 1.807) is 0 Å². The number of hydrogen-bond donors (Lipinski definition) is 1. The summed E-state index contributed by atoms with van der Waals surface area (Å²) >= 11 is 0. The highest BCUT2D eigenvalue weighted by atomic mass is 16.2. The van der Waals surface area contributed by atoms with Crippen molar-refractivity contribution in [2.24, 2.45) is 11.8 Å². The maximum atomic E-state index is 12.9. The van der Waals surface area contributed by atoms with Gasteiger partial charge in [-0.05, 0) is 45.2 Å². The van der Waals surface area contributed by atoms with E-state index in [4.69, 9.17) is 0 Å². The lowest BCUT2D eigenvalue weighted by Crippen LogP contribution is -2.56. The molecule has 1 N–H and O–H groups in total. The molecule has 3 aliphatic heterocycles. The Morgan fingerprint density at radius 2 is 1.89 bits per heavy atom. The lowest BCUT2D eigenvalue weighted by atomic mass is 9.75. The first-order valence-electron chi connectivity index (χ1n) is 10.9. The number of amides is 2. The Morgan fingerprint density at radius 3 is 2.54 bits per heavy atom. The van der Waals surface area contributed by atoms with E-state index in [2.05, 4.69) is 24.1 Å². The predicted octanol–water partition coefficient (Wildman–Crippen LogP) is 2.84. The number of carbonyl (C=O) groups excluding carboxylic acids is 2. The lowest BCUT2D eigenvalue weighted by Gasteiger charge is -2.43. The lowest BCUT2D eigenvalue weighted by molar-refractivity contribution is -0.123. The zero-order valence-corrected chi connectivity index (χ0v) is 17.4. The summed E-state index contributed by atoms with van der Waals surface area (Å²) in [6, 6.07) is 8.36. The second kappa shape index (κ2) is 7.51. The number of carbonyl (C=O) groups is 2. The van der Waals surface area contributed by atoms with Gasteiger partial charge in [0.15, 0.2) is 0 Å². The zero-order chi connectivity index (χ0) is 19.9. The van der Waals surface area contributed by atoms with Gasteiger partial charge in [0.25, 0.3) is 5.91 Å². The normalized spacial score (nSPS) is 27.7. The van der Waals surface area contributed by atoms with Crippen molar-refractivity contribution in [2.75, 3.05) is 26.2 Å². The summed E-state index contributed by atoms with van der Waals surface area (Å²) in [5.74, 6) is 0.851. The van der Waals surface area contributed by atoms with Crippen LogP contribution in [0, 0.1) is 18.8 Å². The van der Waals surface area contributed by atoms with Crippen molar-refractivity contribution in [2.45, 2.75) is 58.0 Å². The molecule has 3 fully saturated rings. The molecule has 0 aromatic heterocycles. The van der Waals surface area contributed by atoms with Crippen LogP contribution in [0.4, 0.5) is 0 Å². The molecule has 0 saturated carbocycles. The molecule has 3 atom stereocenters. The molecule has 1 aromatic carbocycles. The van der Waals surface area contributed by atoms with Crippen LogP contribution < -0.4 is 5.32 Å². The zero-order valence-electron chi connectivity index (χ0n) is 17.4. The number of rotatable bonds is 4. The van der Waals surface area contributed by atoms with E-state index >= 15 is 0 Å². The average Bonchev–Trinajstić information content (AvgIpc) is 3.24. The predicted molar refractivity (Wildman–Crippen MR) is 110 cm³/mol. The summed E-state index contributed by atoms with van der Waals surface area (Å²) in [5.41, 5.74) is 1.80. The first kappa shape index (κ1) is 19.4. The maximum Gasteiger partial charge on any atom is 0.253 e. The van der Waals surface area contributed by atoms with E-state index in [0.717, 1.165) is 50.1 Å². The van der Waals surface area contributed by atoms with Gasteiger partial charge in [0.05, 0.1) is 5.92 Å². The van der Waals surface area contributed by atoms with Crippen LogP contribution in [-0.4, -0.2) is 59.4 Å². The fraction of sp³-hybridized carbons (Fsp3) is 0.652. The quantitative estimate of drug-likeness (QED) is 0.870. The Balaban J connectivity index is 1.43. The van der Waals surface area contributed by atoms with Gasteiger partial charge in [0, 0.05) is 49.2 Å². The standard InChI is InChI=1S/C23H33N3O2/c1-4-5-17(3)26-14-19-20(15-26)23(24-21(19)27)10-12-25(13-11-23)22(28)18-8-6-16(2)7-9-18/h6-9,17,19-20H,4-5,10-15H2,1-3H3,(H,24,27)/t17-,19-,20+/m1/s1. The third-order valence-corrected chi connectivity index (χ3v) is 7.34. The summed E-state index contributed by atoms with van der Waals surface area (Å²) in [5, 5.41) is 3.37. The Kier molecular flexibility index (Phi) is 5.21. The third kappa shape index (κ3) is 3.34. The number of nitrogens with zero attached hydrogens (tertiary/aromatic N) is 2. The molecule has 0 radical (unpaired) electrons. The van der Waals surface area contributed by atoms with Gasteiger partial charge in [0.2, 0.25) is 5.91 Å². The number of piperidine rings is 1. The van der Waals surface area contributed by atoms with Crippen LogP contribution in [0.1, 0.15) is 55.5 Å². The highest BCUT2D eigenvalue weighted by molar-refractivity contribution is 5.94. The molecule has 152 valence electrons. The monoisotopic (exact) mass is 383 g/mol. The minimum absolute atomic E-state index is 0.111. The molecule has 0 bridgehead atoms. The summed E-state index contributed by atoms with van der Waals surface area (Å²) in [6.45, 7) is 9.90. The number of fused-ring (bicyclic) bond motifs is 2. The largest absolute Gasteiger partial charge is 0.350 e. The summed E-state index contributed by atoms with van der Waals surface area (Å²) in [7, 11) is 0. The van der Waals surface area contributed by atoms with Crippen molar-refractivity contribution >= 4 is 11.8 Å². The topological polar surface area (TPSA) is 52.7 Å². The van der Waals surface area contributed by atoms with Gasteiger partial charge >= 0.3 is 0 Å². The van der Waals surface area contributed by atoms with Gasteiger partial charge in [-0.1, -0.05) is 31.0 Å². The molecule has 0 unspecified atom stereocenters. The van der Waals surface area contributed by atoms with Gasteiger partial charge in [-0.2, -0.15) is 0 Å². The number of nitrogens with one attached hydrogen (secondary N) is 1. The fourth-order valence-corrected chi connectivity index (χ4v) is 5.53. The first-order valence-corrected chi connectivity index (χ1v) is 10.9. The van der Waals surface area contributed by atoms with Crippen molar-refractivity contribution < 1.29 is 9.59 Å². The molecule has 28 heavy (non-hydrogen) atoms. The van der Waals surface area contributed by atoms with Crippen molar-refractivity contribution in [3.05, 3.63) is 35.4 Å². The van der Waals surface area contributed by atoms with E-state index in [0.29, 0.717) is 12.0 Å². The molecule has 1 spiro atoms. The molecule has 2 amide bonds. The summed E-state index contributed by atoms with van der Waals surface area (Å²) < 4.78 is 0. The van der Waals surface area contributed by atoms with Crippen molar-refractivity contribution in [1.29, 1.82) is 0 Å². The Morgan fingerprint density at radius 1 is 1.21 bits per heavy atom. The molecule has 3 aliphatic rings. The van der Waals surface area contributed by atoms with E-state index in [1.165, 1.54) is 12.8 Å². The molecule has 3 saturated heterocycles. The summed E-state index contributed by atoms with van der Waals surface area (Å²) in [4.78, 5) is 30.0. The van der Waals surface area contributed by atoms with Crippen LogP contribution in [0.15, 0.2) is 24.3 Å². The Labute approximate surface area is 168 Å². The molecule has 5 nitrogen and oxygen atoms in total. The van der Waals surface area contributed by atoms with E-state index in [9.17, 15) is 9.59 Å². The van der Waals surface area contributed by atoms with Gasteiger partial charge < -0.3 is 10.2 Å². The molecular formula is C23H33N3O2. The maximum absolute atomic E-state index is 12.9. The number of aryl methyl sites for hydroxylation is 1. The molecule has 3 heterocycles. The van der Waals surface area contributed by atoms with Crippen LogP contribution in [0.25, 0.3) is 0 Å². The van der Waals surface area contributed by atoms with Crippen LogP contribution in [0.3, 0.4) is 0 Å². The number of benzene rings is 1. The molecule has 5 heteroatoms. The van der Waals surface area contributed by atoms with Gasteiger partial charge in [-0.25, -0.2) is 0 Å². The van der Waals surface area contributed by atoms with E-state index < -0.39 is 0 Å². The van der Waals surface area contributed by atoms with Crippen molar-refractivity contribution in [3.63, 3.8) is 0 Å². The minimum atomic E-state index is -0.119. The van der Waals surface area contributed by atoms with Gasteiger partial charge in [-0.3, -0.25) is 14.5 Å². The average molecular weight is 384 g/mol. The Bertz CT molecular complexity index is 737. The second-order valence-corrected chi connectivity index (χ2v) is 9.11. The van der Waals surface area contributed by atoms with Crippen LogP contribution in [0.2, 0.25) is 0 Å². The van der Waals surface area contributed by atoms with Gasteiger partial charge in [0.1, 0.15) is 0 Å². The third-order valence-electron chi connectivity index (χ3n) is 7.34. The van der Waals surface area contributed by atoms with Crippen molar-refractivity contribution in [3.8, 4) is 0 Å². The molecule has 1 aromatic rings. The smallest absolute Gasteiger partial charge is 0.253 e. The van der Waals surface area contributed by atoms with E-state index in [1.807, 2.05) is 36.1 Å². The summed E-state index contributed by atoms with van der Waals surface area (Å²) in [6.07, 6.45) is 4.11. The highest BCUT2D eigenvalue weighted by Gasteiger charge is 2.57. The van der Waals surface area contributed by atoms with Crippen LogP contribution in [-0.2, 0) is 4.79 Å². The second-order valence-electron chi connectivity index (χ2n) is 9.11. The van der Waals surface area contributed by atoms with Crippen LogP contribution >= 0.6 is 0 Å². The molecule has 4 rings (SSSR count). The van der Waals surface area contributed by atoms with Gasteiger partial charge in [-0.15, -0.1) is 0 Å². The number of hydrogen-bond acceptors (Lipinski definition) is 3. The SMILES string of the molecule is CCC[C@@H](C)N1C[C@H]2C(=O)NC3(CCN(C(=O)c4ccc(C)cc4)CC3)[C@H]2C1. The fourth-order valence-electron chi connectivity index (χ4n) is 5.53. The molecule has 0 aliphatic carbocycles. The highest BCUT2D eigenvalue weighted by Crippen LogP contribution is 2.44. The Hall–Kier alpha value is -1.88.